The zero-order chi connectivity index (χ0) is 18.1. The van der Waals surface area contributed by atoms with Crippen molar-refractivity contribution >= 4 is 11.9 Å². The van der Waals surface area contributed by atoms with E-state index in [4.69, 9.17) is 4.74 Å². The first-order chi connectivity index (χ1) is 11.0. The minimum atomic E-state index is -1.78. The molecule has 1 heterocycles. The molecule has 2 rings (SSSR count). The maximum Gasteiger partial charge on any atom is 0.410 e. The Balaban J connectivity index is 2.06. The highest BCUT2D eigenvalue weighted by atomic mass is 19.1. The van der Waals surface area contributed by atoms with Gasteiger partial charge in [-0.1, -0.05) is 0 Å². The van der Waals surface area contributed by atoms with E-state index in [1.165, 1.54) is 4.90 Å². The number of ether oxygens (including phenoxy) is 1. The van der Waals surface area contributed by atoms with Gasteiger partial charge in [0.15, 0.2) is 5.78 Å². The van der Waals surface area contributed by atoms with Crippen molar-refractivity contribution in [2.24, 2.45) is 0 Å². The van der Waals surface area contributed by atoms with Crippen LogP contribution in [0.25, 0.3) is 0 Å². The van der Waals surface area contributed by atoms with Crippen LogP contribution in [0.5, 0.6) is 0 Å². The lowest BCUT2D eigenvalue weighted by Crippen LogP contribution is -2.51. The van der Waals surface area contributed by atoms with Gasteiger partial charge in [0, 0.05) is 32.0 Å². The topological polar surface area (TPSA) is 66.8 Å². The largest absolute Gasteiger partial charge is 0.444 e. The zero-order valence-corrected chi connectivity index (χ0v) is 13.9. The van der Waals surface area contributed by atoms with E-state index in [-0.39, 0.29) is 31.5 Å². The second kappa shape index (κ2) is 6.47. The Morgan fingerprint density at radius 3 is 2.29 bits per heavy atom. The van der Waals surface area contributed by atoms with Gasteiger partial charge in [0.2, 0.25) is 0 Å². The van der Waals surface area contributed by atoms with Crippen molar-refractivity contribution in [3.63, 3.8) is 0 Å². The molecular weight excluding hydrogens is 320 g/mol. The molecule has 1 aliphatic rings. The molecule has 1 aliphatic heterocycles. The van der Waals surface area contributed by atoms with Gasteiger partial charge in [-0.2, -0.15) is 0 Å². The first-order valence-electron chi connectivity index (χ1n) is 7.72. The third-order valence-electron chi connectivity index (χ3n) is 3.84. The molecule has 0 saturated carbocycles. The number of halogens is 2. The number of rotatable bonds is 2. The lowest BCUT2D eigenvalue weighted by atomic mass is 9.84. The molecule has 24 heavy (non-hydrogen) atoms. The summed E-state index contributed by atoms with van der Waals surface area (Å²) < 4.78 is 32.0. The van der Waals surface area contributed by atoms with Crippen LogP contribution in [0.4, 0.5) is 13.6 Å². The number of carbonyl (C=O) groups excluding carboxylic acids is 2. The second-order valence-electron chi connectivity index (χ2n) is 6.95. The monoisotopic (exact) mass is 341 g/mol. The van der Waals surface area contributed by atoms with Gasteiger partial charge in [0.25, 0.3) is 0 Å². The molecule has 0 aliphatic carbocycles. The van der Waals surface area contributed by atoms with Crippen molar-refractivity contribution in [2.75, 3.05) is 13.1 Å². The van der Waals surface area contributed by atoms with Crippen molar-refractivity contribution in [2.45, 2.75) is 44.8 Å². The van der Waals surface area contributed by atoms with E-state index < -0.39 is 34.7 Å². The van der Waals surface area contributed by atoms with Gasteiger partial charge in [0.1, 0.15) is 22.8 Å². The molecule has 0 spiro atoms. The number of ketones is 1. The Kier molecular flexibility index (Phi) is 4.94. The predicted octanol–water partition coefficient (Wildman–Crippen LogP) is 2.91. The fourth-order valence-corrected chi connectivity index (χ4v) is 2.54. The summed E-state index contributed by atoms with van der Waals surface area (Å²) in [4.78, 5) is 25.8. The van der Waals surface area contributed by atoms with E-state index in [0.717, 1.165) is 12.1 Å². The van der Waals surface area contributed by atoms with Crippen LogP contribution < -0.4 is 0 Å². The number of nitrogens with zero attached hydrogens (tertiary/aromatic N) is 1. The maximum atomic E-state index is 13.8. The number of aliphatic hydroxyl groups is 1. The summed E-state index contributed by atoms with van der Waals surface area (Å²) in [5.74, 6) is -2.61. The van der Waals surface area contributed by atoms with Crippen LogP contribution in [-0.4, -0.2) is 46.2 Å². The lowest BCUT2D eigenvalue weighted by molar-refractivity contribution is -0.0201. The molecule has 1 amide bonds. The number of carbonyl (C=O) groups is 2. The summed E-state index contributed by atoms with van der Waals surface area (Å²) in [7, 11) is 0. The molecule has 7 heteroatoms. The Hall–Kier alpha value is -2.02. The molecule has 1 N–H and O–H groups in total. The second-order valence-corrected chi connectivity index (χ2v) is 6.95. The molecule has 0 unspecified atom stereocenters. The Labute approximate surface area is 139 Å². The minimum absolute atomic E-state index is 0.0398. The van der Waals surface area contributed by atoms with Gasteiger partial charge in [-0.25, -0.2) is 13.6 Å². The summed E-state index contributed by atoms with van der Waals surface area (Å²) in [6.45, 7) is 5.45. The number of benzene rings is 1. The molecule has 0 radical (unpaired) electrons. The SMILES string of the molecule is CC(C)(C)OC(=O)N1CCC(O)(C(=O)c2ccc(F)cc2F)CC1. The molecule has 1 fully saturated rings. The fraction of sp³-hybridized carbons (Fsp3) is 0.529. The molecule has 5 nitrogen and oxygen atoms in total. The number of hydrogen-bond acceptors (Lipinski definition) is 4. The Bertz CT molecular complexity index is 646. The van der Waals surface area contributed by atoms with Crippen LogP contribution in [0.1, 0.15) is 44.0 Å². The van der Waals surface area contributed by atoms with E-state index in [1.54, 1.807) is 20.8 Å². The van der Waals surface area contributed by atoms with Crippen LogP contribution in [0.15, 0.2) is 18.2 Å². The minimum Gasteiger partial charge on any atom is -0.444 e. The Morgan fingerprint density at radius 2 is 1.79 bits per heavy atom. The quantitative estimate of drug-likeness (QED) is 0.840. The molecular formula is C17H21F2NO4. The van der Waals surface area contributed by atoms with E-state index in [2.05, 4.69) is 0 Å². The average Bonchev–Trinajstić information content (AvgIpc) is 2.45. The van der Waals surface area contributed by atoms with Crippen LogP contribution in [0, 0.1) is 11.6 Å². The van der Waals surface area contributed by atoms with E-state index in [1.807, 2.05) is 0 Å². The number of likely N-dealkylation sites (tertiary alicyclic amines) is 1. The van der Waals surface area contributed by atoms with Crippen LogP contribution in [0.3, 0.4) is 0 Å². The van der Waals surface area contributed by atoms with Gasteiger partial charge >= 0.3 is 6.09 Å². The Morgan fingerprint density at radius 1 is 1.21 bits per heavy atom. The van der Waals surface area contributed by atoms with Crippen molar-refractivity contribution in [3.05, 3.63) is 35.4 Å². The van der Waals surface area contributed by atoms with Crippen molar-refractivity contribution in [1.82, 2.24) is 4.90 Å². The standard InChI is InChI=1S/C17H21F2NO4/c1-16(2,3)24-15(22)20-8-6-17(23,7-9-20)14(21)12-5-4-11(18)10-13(12)19/h4-5,10,23H,6-9H2,1-3H3. The lowest BCUT2D eigenvalue weighted by Gasteiger charge is -2.37. The van der Waals surface area contributed by atoms with Gasteiger partial charge in [-0.15, -0.1) is 0 Å². The highest BCUT2D eigenvalue weighted by Crippen LogP contribution is 2.28. The summed E-state index contributed by atoms with van der Waals surface area (Å²) in [6.07, 6.45) is -0.603. The fourth-order valence-electron chi connectivity index (χ4n) is 2.54. The molecule has 132 valence electrons. The molecule has 1 saturated heterocycles. The molecule has 0 bridgehead atoms. The smallest absolute Gasteiger partial charge is 0.410 e. The predicted molar refractivity (Wildman–Crippen MR) is 82.7 cm³/mol. The number of Topliss-reactive ketones (excluding diaryl/α,β-unsaturated/α-hetero) is 1. The third kappa shape index (κ3) is 4.08. The van der Waals surface area contributed by atoms with E-state index >= 15 is 0 Å². The summed E-state index contributed by atoms with van der Waals surface area (Å²) in [6, 6.07) is 2.59. The maximum absolute atomic E-state index is 13.8. The van der Waals surface area contributed by atoms with Crippen molar-refractivity contribution in [3.8, 4) is 0 Å². The normalized spacial score (nSPS) is 17.5. The first-order valence-corrected chi connectivity index (χ1v) is 7.72. The van der Waals surface area contributed by atoms with Crippen LogP contribution >= 0.6 is 0 Å². The summed E-state index contributed by atoms with van der Waals surface area (Å²) in [5, 5.41) is 10.5. The van der Waals surface area contributed by atoms with E-state index in [0.29, 0.717) is 6.07 Å². The highest BCUT2D eigenvalue weighted by Gasteiger charge is 2.42. The van der Waals surface area contributed by atoms with Gasteiger partial charge in [0.05, 0.1) is 5.56 Å². The van der Waals surface area contributed by atoms with Crippen LogP contribution in [-0.2, 0) is 4.74 Å². The number of hydrogen-bond donors (Lipinski definition) is 1. The van der Waals surface area contributed by atoms with Crippen LogP contribution in [0.2, 0.25) is 0 Å². The number of amides is 1. The highest BCUT2D eigenvalue weighted by molar-refractivity contribution is 6.02. The van der Waals surface area contributed by atoms with Crippen molar-refractivity contribution < 1.29 is 28.2 Å². The summed E-state index contributed by atoms with van der Waals surface area (Å²) >= 11 is 0. The third-order valence-corrected chi connectivity index (χ3v) is 3.84. The van der Waals surface area contributed by atoms with Gasteiger partial charge < -0.3 is 14.7 Å². The van der Waals surface area contributed by atoms with Gasteiger partial charge in [-0.3, -0.25) is 4.79 Å². The first kappa shape index (κ1) is 18.3. The zero-order valence-electron chi connectivity index (χ0n) is 13.9. The molecule has 0 atom stereocenters. The molecule has 1 aromatic rings. The average molecular weight is 341 g/mol. The summed E-state index contributed by atoms with van der Waals surface area (Å²) in [5.41, 5.74) is -2.78. The number of piperidine rings is 1. The van der Waals surface area contributed by atoms with E-state index in [9.17, 15) is 23.5 Å². The van der Waals surface area contributed by atoms with Gasteiger partial charge in [-0.05, 0) is 32.9 Å². The molecule has 0 aromatic heterocycles. The van der Waals surface area contributed by atoms with Crippen molar-refractivity contribution in [1.29, 1.82) is 0 Å². The molecule has 1 aromatic carbocycles.